The molecule has 0 aliphatic carbocycles. The number of hydrogen-bond donors (Lipinski definition) is 8. The monoisotopic (exact) mass is 887 g/mol. The number of carbonyl (C=O) groups excluding carboxylic acids is 9. The first-order valence-corrected chi connectivity index (χ1v) is 16.8. The van der Waals surface area contributed by atoms with Crippen molar-refractivity contribution in [1.29, 1.82) is 0 Å². The number of carbonyl (C=O) groups is 9. The summed E-state index contributed by atoms with van der Waals surface area (Å²) in [5.74, 6) is -4.90. The largest absolute Gasteiger partial charge is 0.460 e. The molecule has 0 saturated heterocycles. The van der Waals surface area contributed by atoms with Crippen LogP contribution in [0.4, 0.5) is 4.79 Å². The van der Waals surface area contributed by atoms with Gasteiger partial charge < -0.3 is 65.4 Å². The summed E-state index contributed by atoms with van der Waals surface area (Å²) >= 11 is 0. The average molecular weight is 888 g/mol. The van der Waals surface area contributed by atoms with Crippen molar-refractivity contribution in [3.05, 3.63) is 43.3 Å². The predicted molar refractivity (Wildman–Crippen MR) is 199 cm³/mol. The number of hydrogen-bond acceptors (Lipinski definition) is 13. The molecule has 2 unspecified atom stereocenters. The van der Waals surface area contributed by atoms with E-state index in [0.29, 0.717) is 0 Å². The van der Waals surface area contributed by atoms with Crippen LogP contribution in [0.3, 0.4) is 0 Å². The zero-order valence-corrected chi connectivity index (χ0v) is 34.4. The molecule has 20 nitrogen and oxygen atoms in total. The summed E-state index contributed by atoms with van der Waals surface area (Å²) in [6.45, 7) is 8.87. The summed E-state index contributed by atoms with van der Waals surface area (Å²) in [6.07, 6.45) is -0.994. The van der Waals surface area contributed by atoms with Crippen molar-refractivity contribution in [3.63, 3.8) is 0 Å². The van der Waals surface area contributed by atoms with Crippen LogP contribution in [-0.4, -0.2) is 103 Å². The molecule has 320 valence electrons. The minimum atomic E-state index is -1.16. The molecule has 0 spiro atoms. The van der Waals surface area contributed by atoms with Gasteiger partial charge in [-0.15, -0.1) is 0 Å². The molecule has 2 atom stereocenters. The van der Waals surface area contributed by atoms with E-state index in [2.05, 4.69) is 26.6 Å². The fraction of sp³-hybridized carbons (Fsp3) is 0.543. The fourth-order valence-corrected chi connectivity index (χ4v) is 3.71. The van der Waals surface area contributed by atoms with E-state index in [9.17, 15) is 43.2 Å². The molecule has 0 aliphatic heterocycles. The van der Waals surface area contributed by atoms with Crippen molar-refractivity contribution in [3.8, 4) is 0 Å². The Morgan fingerprint density at radius 3 is 1.50 bits per heavy atom. The number of nitrogens with two attached hydrogens (primary N) is 3. The van der Waals surface area contributed by atoms with Crippen molar-refractivity contribution in [2.24, 2.45) is 17.2 Å². The van der Waals surface area contributed by atoms with Crippen molar-refractivity contribution in [2.45, 2.75) is 97.1 Å². The fourth-order valence-electron chi connectivity index (χ4n) is 3.71. The molecule has 21 heteroatoms. The first-order valence-electron chi connectivity index (χ1n) is 16.8. The van der Waals surface area contributed by atoms with Gasteiger partial charge in [0.25, 0.3) is 0 Å². The molecule has 0 aromatic heterocycles. The third-order valence-corrected chi connectivity index (χ3v) is 6.06. The van der Waals surface area contributed by atoms with Crippen LogP contribution in [0.1, 0.15) is 72.8 Å². The van der Waals surface area contributed by atoms with E-state index in [0.717, 1.165) is 5.56 Å². The van der Waals surface area contributed by atoms with Crippen LogP contribution in [0.2, 0.25) is 0 Å². The van der Waals surface area contributed by atoms with Crippen LogP contribution in [-0.2, 0) is 79.6 Å². The molecular formula is C35H57N8O12Pd-. The Morgan fingerprint density at radius 2 is 1.07 bits per heavy atom. The van der Waals surface area contributed by atoms with Gasteiger partial charge in [-0.2, -0.15) is 0 Å². The smallest absolute Gasteiger partial charge is 0.408 e. The molecule has 0 fully saturated rings. The molecule has 7 amide bonds. The van der Waals surface area contributed by atoms with E-state index >= 15 is 0 Å². The van der Waals surface area contributed by atoms with Gasteiger partial charge in [0, 0.05) is 33.3 Å². The van der Waals surface area contributed by atoms with E-state index in [1.165, 1.54) is 0 Å². The Morgan fingerprint density at radius 1 is 0.643 bits per heavy atom. The van der Waals surface area contributed by atoms with Crippen LogP contribution in [0, 0.1) is 7.43 Å². The number of amides is 7. The zero-order valence-electron chi connectivity index (χ0n) is 32.9. The molecule has 1 rings (SSSR count). The second-order valence-electron chi connectivity index (χ2n) is 13.5. The molecule has 1 aromatic rings. The second kappa shape index (κ2) is 28.3. The van der Waals surface area contributed by atoms with Crippen LogP contribution in [0.5, 0.6) is 0 Å². The molecule has 0 bridgehead atoms. The molecule has 1 aromatic carbocycles. The normalized spacial score (nSPS) is 11.4. The van der Waals surface area contributed by atoms with Crippen LogP contribution in [0.15, 0.2) is 30.3 Å². The van der Waals surface area contributed by atoms with E-state index in [1.54, 1.807) is 65.8 Å². The molecule has 56 heavy (non-hydrogen) atoms. The Bertz CT molecular complexity index is 1450. The van der Waals surface area contributed by atoms with Crippen LogP contribution >= 0.6 is 0 Å². The van der Waals surface area contributed by atoms with Gasteiger partial charge in [-0.1, -0.05) is 30.3 Å². The van der Waals surface area contributed by atoms with E-state index in [-0.39, 0.29) is 79.8 Å². The van der Waals surface area contributed by atoms with Gasteiger partial charge in [0.15, 0.2) is 0 Å². The summed E-state index contributed by atoms with van der Waals surface area (Å²) < 4.78 is 15.4. The van der Waals surface area contributed by atoms with E-state index < -0.39 is 83.3 Å². The maximum atomic E-state index is 12.5. The topological polar surface area (TPSA) is 320 Å². The van der Waals surface area contributed by atoms with Gasteiger partial charge >= 0.3 is 18.0 Å². The van der Waals surface area contributed by atoms with Crippen LogP contribution < -0.4 is 43.8 Å². The first kappa shape index (κ1) is 55.2. The molecule has 0 saturated carbocycles. The number of benzene rings is 1. The van der Waals surface area contributed by atoms with Crippen LogP contribution in [0.25, 0.3) is 0 Å². The van der Waals surface area contributed by atoms with Gasteiger partial charge in [-0.3, -0.25) is 38.4 Å². The third kappa shape index (κ3) is 31.2. The minimum Gasteiger partial charge on any atom is -0.460 e. The number of esters is 2. The SMILES string of the molecule is CC(C)(C)OC(=O)CCC(N)C(=O)NCC(=O)NCC(N)=O.CC(C)(C)OC(=O)CCC(NC(=O)OCc1ccccc1)C(=O)NCC(=O)NCC(N)=O.[CH3-].[Pd]. The first-order chi connectivity index (χ1) is 25.0. The number of nitrogens with one attached hydrogen (secondary N) is 5. The molecular weight excluding hydrogens is 831 g/mol. The van der Waals surface area contributed by atoms with Gasteiger partial charge in [0.1, 0.15) is 23.9 Å². The summed E-state index contributed by atoms with van der Waals surface area (Å²) in [7, 11) is 0. The quantitative estimate of drug-likeness (QED) is 0.0348. The van der Waals surface area contributed by atoms with Gasteiger partial charge in [-0.05, 0) is 59.9 Å². The van der Waals surface area contributed by atoms with Gasteiger partial charge in [-0.25, -0.2) is 4.79 Å². The Labute approximate surface area is 340 Å². The number of rotatable bonds is 19. The second-order valence-corrected chi connectivity index (χ2v) is 13.5. The van der Waals surface area contributed by atoms with Crippen molar-refractivity contribution < 1.29 is 77.8 Å². The minimum absolute atomic E-state index is 0. The van der Waals surface area contributed by atoms with Crippen molar-refractivity contribution >= 4 is 53.5 Å². The third-order valence-electron chi connectivity index (χ3n) is 6.06. The summed E-state index contributed by atoms with van der Waals surface area (Å²) in [5.41, 5.74) is 14.9. The summed E-state index contributed by atoms with van der Waals surface area (Å²) in [5, 5.41) is 11.4. The Hall–Kier alpha value is -5.13. The van der Waals surface area contributed by atoms with Crippen molar-refractivity contribution in [2.75, 3.05) is 26.2 Å². The maximum Gasteiger partial charge on any atom is 0.408 e. The van der Waals surface area contributed by atoms with Crippen molar-refractivity contribution in [1.82, 2.24) is 26.6 Å². The van der Waals surface area contributed by atoms with Gasteiger partial charge in [0.05, 0.1) is 32.2 Å². The molecule has 0 aliphatic rings. The number of primary amides is 2. The molecule has 0 radical (unpaired) electrons. The standard InChI is InChI=1S/C21H30N4O7.C13H24N4O5.CH3.Pd/c1-21(2,3)32-18(28)10-9-15(19(29)24-12-17(27)23-11-16(22)26)25-20(30)31-13-14-7-5-4-6-8-14;1-13(2,3)22-11(20)5-4-8(14)12(21)17-7-10(19)16-6-9(15)18;;/h4-8,15H,9-13H2,1-3H3,(H2,22,26)(H,23,27)(H,24,29)(H,25,30);8H,4-7,14H2,1-3H3,(H2,15,18)(H,16,19)(H,17,21);1H3;/q;;-1;. The Balaban J connectivity index is -0.00000103. The summed E-state index contributed by atoms with van der Waals surface area (Å²) in [6, 6.07) is 6.84. The number of ether oxygens (including phenoxy) is 3. The predicted octanol–water partition coefficient (Wildman–Crippen LogP) is -1.28. The zero-order chi connectivity index (χ0) is 41.5. The number of alkyl carbamates (subject to hydrolysis) is 1. The van der Waals surface area contributed by atoms with Gasteiger partial charge in [0.2, 0.25) is 35.4 Å². The Kier molecular flexibility index (Phi) is 27.9. The van der Waals surface area contributed by atoms with E-state index in [4.69, 9.17) is 31.4 Å². The molecule has 0 heterocycles. The van der Waals surface area contributed by atoms with E-state index in [1.807, 2.05) is 6.07 Å². The molecule has 11 N–H and O–H groups in total. The maximum absolute atomic E-state index is 12.5. The average Bonchev–Trinajstić information content (AvgIpc) is 3.06. The summed E-state index contributed by atoms with van der Waals surface area (Å²) in [4.78, 5) is 104.